The maximum Gasteiger partial charge on any atom is 0.355 e. The van der Waals surface area contributed by atoms with Gasteiger partial charge in [-0.15, -0.1) is 11.3 Å². The maximum absolute atomic E-state index is 11.2. The van der Waals surface area contributed by atoms with Crippen molar-refractivity contribution in [1.29, 1.82) is 0 Å². The number of carboxylic acids is 1. The Kier molecular flexibility index (Phi) is 4.12. The van der Waals surface area contributed by atoms with E-state index < -0.39 is 5.97 Å². The molecule has 0 radical (unpaired) electrons. The molecule has 0 bridgehead atoms. The molecule has 1 saturated heterocycles. The first-order chi connectivity index (χ1) is 8.22. The van der Waals surface area contributed by atoms with Gasteiger partial charge in [0.1, 0.15) is 0 Å². The number of carboxylic acid groups (broad SMARTS) is 1. The molecule has 1 aliphatic rings. The molecule has 0 unspecified atom stereocenters. The summed E-state index contributed by atoms with van der Waals surface area (Å²) in [7, 11) is 0. The van der Waals surface area contributed by atoms with Crippen LogP contribution in [-0.4, -0.2) is 29.3 Å². The summed E-state index contributed by atoms with van der Waals surface area (Å²) >= 11 is 1.57. The zero-order valence-corrected chi connectivity index (χ0v) is 10.8. The van der Waals surface area contributed by atoms with E-state index in [2.05, 4.69) is 11.9 Å². The van der Waals surface area contributed by atoms with Gasteiger partial charge in [0.05, 0.1) is 5.01 Å². The van der Waals surface area contributed by atoms with Crippen LogP contribution < -0.4 is 0 Å². The molecular weight excluding hydrogens is 238 g/mol. The molecule has 0 aromatic carbocycles. The van der Waals surface area contributed by atoms with E-state index in [1.165, 1.54) is 0 Å². The molecule has 0 aliphatic carbocycles. The van der Waals surface area contributed by atoms with Crippen LogP contribution in [0.2, 0.25) is 0 Å². The van der Waals surface area contributed by atoms with Crippen LogP contribution >= 0.6 is 11.3 Å². The van der Waals surface area contributed by atoms with Crippen molar-refractivity contribution < 1.29 is 14.6 Å². The largest absolute Gasteiger partial charge is 0.476 e. The first kappa shape index (κ1) is 12.5. The van der Waals surface area contributed by atoms with Gasteiger partial charge in [0.15, 0.2) is 5.69 Å². The van der Waals surface area contributed by atoms with Crippen molar-refractivity contribution in [2.45, 2.75) is 38.5 Å². The van der Waals surface area contributed by atoms with E-state index in [1.807, 2.05) is 0 Å². The van der Waals surface area contributed by atoms with Crippen LogP contribution in [0.1, 0.15) is 52.5 Å². The van der Waals surface area contributed by atoms with E-state index in [0.29, 0.717) is 5.92 Å². The first-order valence-corrected chi connectivity index (χ1v) is 6.84. The highest BCUT2D eigenvalue weighted by Gasteiger charge is 2.25. The van der Waals surface area contributed by atoms with Crippen LogP contribution in [0.25, 0.3) is 0 Å². The Hall–Kier alpha value is -0.940. The molecule has 1 aromatic heterocycles. The molecule has 1 aromatic rings. The number of thiazole rings is 1. The van der Waals surface area contributed by atoms with Gasteiger partial charge in [-0.25, -0.2) is 9.78 Å². The van der Waals surface area contributed by atoms with Crippen molar-refractivity contribution in [3.63, 3.8) is 0 Å². The van der Waals surface area contributed by atoms with Gasteiger partial charge in [-0.3, -0.25) is 0 Å². The molecule has 4 nitrogen and oxygen atoms in total. The lowest BCUT2D eigenvalue weighted by Gasteiger charge is -2.20. The van der Waals surface area contributed by atoms with Crippen molar-refractivity contribution in [2.24, 2.45) is 0 Å². The highest BCUT2D eigenvalue weighted by Crippen LogP contribution is 2.34. The Morgan fingerprint density at radius 3 is 2.82 bits per heavy atom. The molecule has 5 heteroatoms. The van der Waals surface area contributed by atoms with Crippen LogP contribution in [0.5, 0.6) is 0 Å². The van der Waals surface area contributed by atoms with Gasteiger partial charge < -0.3 is 9.84 Å². The van der Waals surface area contributed by atoms with Crippen LogP contribution in [0.15, 0.2) is 0 Å². The number of aromatic carboxylic acids is 1. The number of rotatable bonds is 4. The fourth-order valence-electron chi connectivity index (χ4n) is 2.09. The van der Waals surface area contributed by atoms with E-state index in [9.17, 15) is 9.90 Å². The van der Waals surface area contributed by atoms with Gasteiger partial charge in [-0.05, 0) is 25.7 Å². The minimum Gasteiger partial charge on any atom is -0.476 e. The number of aromatic nitrogens is 1. The molecule has 0 atom stereocenters. The van der Waals surface area contributed by atoms with Crippen LogP contribution in [0.3, 0.4) is 0 Å². The van der Waals surface area contributed by atoms with Gasteiger partial charge >= 0.3 is 5.97 Å². The van der Waals surface area contributed by atoms with Gasteiger partial charge in [-0.1, -0.05) is 6.92 Å². The second-order valence-electron chi connectivity index (χ2n) is 4.26. The summed E-state index contributed by atoms with van der Waals surface area (Å²) in [6.07, 6.45) is 3.69. The molecule has 94 valence electrons. The van der Waals surface area contributed by atoms with E-state index in [4.69, 9.17) is 4.74 Å². The molecule has 0 spiro atoms. The van der Waals surface area contributed by atoms with Crippen molar-refractivity contribution in [2.75, 3.05) is 13.2 Å². The summed E-state index contributed by atoms with van der Waals surface area (Å²) in [5, 5.41) is 10.1. The average Bonchev–Trinajstić information content (AvgIpc) is 2.75. The third kappa shape index (κ3) is 2.84. The van der Waals surface area contributed by atoms with Gasteiger partial charge in [-0.2, -0.15) is 0 Å². The molecule has 1 N–H and O–H groups in total. The lowest BCUT2D eigenvalue weighted by molar-refractivity contribution is 0.0680. The average molecular weight is 255 g/mol. The number of ether oxygens (including phenoxy) is 1. The van der Waals surface area contributed by atoms with E-state index >= 15 is 0 Å². The molecule has 2 heterocycles. The van der Waals surface area contributed by atoms with Gasteiger partial charge in [0.25, 0.3) is 0 Å². The van der Waals surface area contributed by atoms with E-state index in [0.717, 1.165) is 48.8 Å². The third-order valence-corrected chi connectivity index (χ3v) is 4.23. The second-order valence-corrected chi connectivity index (χ2v) is 5.38. The predicted molar refractivity (Wildman–Crippen MR) is 65.9 cm³/mol. The standard InChI is InChI=1S/C12H17NO3S/c1-2-3-9-13-10(12(14)15)11(17-9)8-4-6-16-7-5-8/h8H,2-7H2,1H3,(H,14,15). The molecule has 1 fully saturated rings. The number of carbonyl (C=O) groups is 1. The zero-order valence-electron chi connectivity index (χ0n) is 9.94. The summed E-state index contributed by atoms with van der Waals surface area (Å²) in [5.74, 6) is -0.581. The van der Waals surface area contributed by atoms with Gasteiger partial charge in [0.2, 0.25) is 0 Å². The first-order valence-electron chi connectivity index (χ1n) is 6.03. The number of hydrogen-bond donors (Lipinski definition) is 1. The zero-order chi connectivity index (χ0) is 12.3. The summed E-state index contributed by atoms with van der Waals surface area (Å²) < 4.78 is 5.31. The summed E-state index contributed by atoms with van der Waals surface area (Å²) in [6, 6.07) is 0. The monoisotopic (exact) mass is 255 g/mol. The summed E-state index contributed by atoms with van der Waals surface area (Å²) in [5.41, 5.74) is 0.269. The third-order valence-electron chi connectivity index (χ3n) is 2.96. The molecular formula is C12H17NO3S. The van der Waals surface area contributed by atoms with Crippen LogP contribution in [0.4, 0.5) is 0 Å². The second kappa shape index (κ2) is 5.60. The SMILES string of the molecule is CCCc1nc(C(=O)O)c(C2CCOCC2)s1. The Morgan fingerprint density at radius 2 is 2.24 bits per heavy atom. The maximum atomic E-state index is 11.2. The summed E-state index contributed by atoms with van der Waals surface area (Å²) in [4.78, 5) is 16.4. The fraction of sp³-hybridized carbons (Fsp3) is 0.667. The Labute approximate surface area is 105 Å². The summed E-state index contributed by atoms with van der Waals surface area (Å²) in [6.45, 7) is 3.53. The van der Waals surface area contributed by atoms with Crippen LogP contribution in [0, 0.1) is 0 Å². The van der Waals surface area contributed by atoms with E-state index in [-0.39, 0.29) is 5.69 Å². The van der Waals surface area contributed by atoms with Gasteiger partial charge in [0, 0.05) is 24.0 Å². The molecule has 17 heavy (non-hydrogen) atoms. The van der Waals surface area contributed by atoms with E-state index in [1.54, 1.807) is 11.3 Å². The minimum atomic E-state index is -0.898. The topological polar surface area (TPSA) is 59.4 Å². The quantitative estimate of drug-likeness (QED) is 0.898. The molecule has 1 aliphatic heterocycles. The van der Waals surface area contributed by atoms with Crippen molar-refractivity contribution in [1.82, 2.24) is 4.98 Å². The minimum absolute atomic E-state index is 0.269. The smallest absolute Gasteiger partial charge is 0.355 e. The molecule has 0 amide bonds. The fourth-order valence-corrected chi connectivity index (χ4v) is 3.42. The Morgan fingerprint density at radius 1 is 1.53 bits per heavy atom. The normalized spacial score (nSPS) is 17.2. The van der Waals surface area contributed by atoms with Crippen molar-refractivity contribution in [3.05, 3.63) is 15.6 Å². The lowest BCUT2D eigenvalue weighted by atomic mass is 9.97. The predicted octanol–water partition coefficient (Wildman–Crippen LogP) is 2.69. The highest BCUT2D eigenvalue weighted by molar-refractivity contribution is 7.12. The number of aryl methyl sites for hydroxylation is 1. The van der Waals surface area contributed by atoms with Crippen LogP contribution in [-0.2, 0) is 11.2 Å². The Bertz CT molecular complexity index is 396. The highest BCUT2D eigenvalue weighted by atomic mass is 32.1. The lowest BCUT2D eigenvalue weighted by Crippen LogP contribution is -2.15. The Balaban J connectivity index is 2.26. The van der Waals surface area contributed by atoms with Crippen molar-refractivity contribution in [3.8, 4) is 0 Å². The van der Waals surface area contributed by atoms with Crippen molar-refractivity contribution >= 4 is 17.3 Å². The number of nitrogens with zero attached hydrogens (tertiary/aromatic N) is 1. The molecule has 2 rings (SSSR count). The molecule has 0 saturated carbocycles. The number of hydrogen-bond acceptors (Lipinski definition) is 4.